The fraction of sp³-hybridized carbons (Fsp3) is 0.368. The van der Waals surface area contributed by atoms with Crippen LogP contribution in [0.1, 0.15) is 35.6 Å². The molecular formula is C19H20ClN3O2. The van der Waals surface area contributed by atoms with Gasteiger partial charge >= 0.3 is 6.09 Å². The lowest BCUT2D eigenvalue weighted by molar-refractivity contribution is 0.140. The van der Waals surface area contributed by atoms with Crippen LogP contribution in [0.25, 0.3) is 0 Å². The summed E-state index contributed by atoms with van der Waals surface area (Å²) >= 11 is 6.35. The van der Waals surface area contributed by atoms with Gasteiger partial charge in [-0.05, 0) is 60.2 Å². The number of anilines is 1. The van der Waals surface area contributed by atoms with Crippen molar-refractivity contribution in [2.75, 3.05) is 18.0 Å². The topological polar surface area (TPSA) is 56.7 Å². The van der Waals surface area contributed by atoms with E-state index in [0.29, 0.717) is 11.6 Å². The van der Waals surface area contributed by atoms with E-state index in [1.807, 2.05) is 24.4 Å². The summed E-state index contributed by atoms with van der Waals surface area (Å²) in [4.78, 5) is 19.7. The van der Waals surface area contributed by atoms with Crippen LogP contribution < -0.4 is 4.90 Å². The minimum Gasteiger partial charge on any atom is -0.465 e. The molecule has 1 fully saturated rings. The van der Waals surface area contributed by atoms with Gasteiger partial charge < -0.3 is 14.9 Å². The van der Waals surface area contributed by atoms with Crippen LogP contribution in [0.3, 0.4) is 0 Å². The quantitative estimate of drug-likeness (QED) is 0.878. The zero-order chi connectivity index (χ0) is 17.4. The maximum Gasteiger partial charge on any atom is 0.407 e. The third-order valence-electron chi connectivity index (χ3n) is 5.21. The minimum absolute atomic E-state index is 0.0983. The first-order chi connectivity index (χ1) is 12.1. The van der Waals surface area contributed by atoms with Gasteiger partial charge in [-0.3, -0.25) is 4.98 Å². The highest BCUT2D eigenvalue weighted by Crippen LogP contribution is 2.39. The van der Waals surface area contributed by atoms with E-state index in [4.69, 9.17) is 11.6 Å². The van der Waals surface area contributed by atoms with Crippen LogP contribution >= 0.6 is 11.6 Å². The normalized spacial score (nSPS) is 19.8. The standard InChI is InChI=1S/C19H20ClN3O2/c20-14-9-13-5-8-22(15-3-1-6-21-11-15)12-17(13)16(10-14)18-4-2-7-23(18)19(24)25/h1,3,6,9-11,18H,2,4-5,7-8,12H2,(H,24,25)/t18-/m0/s1. The van der Waals surface area contributed by atoms with E-state index in [1.165, 1.54) is 11.1 Å². The van der Waals surface area contributed by atoms with Crippen molar-refractivity contribution in [3.63, 3.8) is 0 Å². The molecule has 25 heavy (non-hydrogen) atoms. The number of halogens is 1. The molecule has 0 saturated carbocycles. The lowest BCUT2D eigenvalue weighted by atomic mass is 9.90. The molecule has 0 bridgehead atoms. The number of likely N-dealkylation sites (tertiary alicyclic amines) is 1. The molecule has 130 valence electrons. The summed E-state index contributed by atoms with van der Waals surface area (Å²) in [5.41, 5.74) is 4.61. The van der Waals surface area contributed by atoms with Gasteiger partial charge in [0.05, 0.1) is 17.9 Å². The Hall–Kier alpha value is -2.27. The van der Waals surface area contributed by atoms with Crippen LogP contribution in [-0.4, -0.2) is 34.2 Å². The van der Waals surface area contributed by atoms with E-state index in [2.05, 4.69) is 16.0 Å². The lowest BCUT2D eigenvalue weighted by Gasteiger charge is -2.34. The Morgan fingerprint density at radius 3 is 2.96 bits per heavy atom. The Labute approximate surface area is 151 Å². The Bertz CT molecular complexity index is 797. The molecular weight excluding hydrogens is 338 g/mol. The summed E-state index contributed by atoms with van der Waals surface area (Å²) in [5, 5.41) is 10.2. The number of aromatic nitrogens is 1. The fourth-order valence-corrected chi connectivity index (χ4v) is 4.28. The lowest BCUT2D eigenvalue weighted by Crippen LogP contribution is -2.34. The molecule has 0 spiro atoms. The summed E-state index contributed by atoms with van der Waals surface area (Å²) in [7, 11) is 0. The summed E-state index contributed by atoms with van der Waals surface area (Å²) in [6.45, 7) is 2.26. The summed E-state index contributed by atoms with van der Waals surface area (Å²) in [6.07, 6.45) is 5.44. The highest BCUT2D eigenvalue weighted by atomic mass is 35.5. The van der Waals surface area contributed by atoms with Crippen LogP contribution in [0.4, 0.5) is 10.5 Å². The number of pyridine rings is 1. The van der Waals surface area contributed by atoms with Crippen LogP contribution in [0.15, 0.2) is 36.7 Å². The van der Waals surface area contributed by atoms with Crippen LogP contribution in [0.2, 0.25) is 5.02 Å². The summed E-state index contributed by atoms with van der Waals surface area (Å²) in [6, 6.07) is 7.89. The van der Waals surface area contributed by atoms with Gasteiger partial charge in [0.15, 0.2) is 0 Å². The van der Waals surface area contributed by atoms with Crippen molar-refractivity contribution in [2.24, 2.45) is 0 Å². The average molecular weight is 358 g/mol. The molecule has 0 aliphatic carbocycles. The predicted octanol–water partition coefficient (Wildman–Crippen LogP) is 4.11. The third kappa shape index (κ3) is 3.04. The average Bonchev–Trinajstić information content (AvgIpc) is 3.11. The monoisotopic (exact) mass is 357 g/mol. The van der Waals surface area contributed by atoms with Gasteiger partial charge in [0.25, 0.3) is 0 Å². The molecule has 4 rings (SSSR count). The second-order valence-corrected chi connectivity index (χ2v) is 7.09. The van der Waals surface area contributed by atoms with Crippen molar-refractivity contribution in [3.8, 4) is 0 Å². The molecule has 2 aromatic rings. The van der Waals surface area contributed by atoms with Crippen LogP contribution in [0, 0.1) is 0 Å². The van der Waals surface area contributed by atoms with Gasteiger partial charge in [0.2, 0.25) is 0 Å². The SMILES string of the molecule is O=C(O)N1CCC[C@H]1c1cc(Cl)cc2c1CN(c1cccnc1)CC2. The van der Waals surface area contributed by atoms with E-state index >= 15 is 0 Å². The maximum absolute atomic E-state index is 11.6. The van der Waals surface area contributed by atoms with Crippen molar-refractivity contribution in [1.29, 1.82) is 0 Å². The number of carboxylic acid groups (broad SMARTS) is 1. The molecule has 5 nitrogen and oxygen atoms in total. The number of amides is 1. The molecule has 1 atom stereocenters. The van der Waals surface area contributed by atoms with Gasteiger partial charge in [-0.2, -0.15) is 0 Å². The number of benzene rings is 1. The van der Waals surface area contributed by atoms with E-state index in [-0.39, 0.29) is 6.04 Å². The van der Waals surface area contributed by atoms with E-state index in [0.717, 1.165) is 43.6 Å². The van der Waals surface area contributed by atoms with Gasteiger partial charge in [-0.25, -0.2) is 4.79 Å². The highest BCUT2D eigenvalue weighted by Gasteiger charge is 2.33. The molecule has 0 unspecified atom stereocenters. The third-order valence-corrected chi connectivity index (χ3v) is 5.43. The Kier molecular flexibility index (Phi) is 4.25. The zero-order valence-corrected chi connectivity index (χ0v) is 14.6. The maximum atomic E-state index is 11.6. The first kappa shape index (κ1) is 16.2. The van der Waals surface area contributed by atoms with Gasteiger partial charge in [-0.1, -0.05) is 11.6 Å². The van der Waals surface area contributed by atoms with Crippen molar-refractivity contribution in [2.45, 2.75) is 31.8 Å². The smallest absolute Gasteiger partial charge is 0.407 e. The van der Waals surface area contributed by atoms with Gasteiger partial charge in [0, 0.05) is 30.9 Å². The van der Waals surface area contributed by atoms with Gasteiger partial charge in [-0.15, -0.1) is 0 Å². The van der Waals surface area contributed by atoms with Crippen molar-refractivity contribution >= 4 is 23.4 Å². The molecule has 6 heteroatoms. The van der Waals surface area contributed by atoms with Crippen molar-refractivity contribution < 1.29 is 9.90 Å². The number of hydrogen-bond acceptors (Lipinski definition) is 3. The Balaban J connectivity index is 1.72. The predicted molar refractivity (Wildman–Crippen MR) is 97.1 cm³/mol. The number of hydrogen-bond donors (Lipinski definition) is 1. The van der Waals surface area contributed by atoms with E-state index < -0.39 is 6.09 Å². The first-order valence-electron chi connectivity index (χ1n) is 8.59. The highest BCUT2D eigenvalue weighted by molar-refractivity contribution is 6.30. The zero-order valence-electron chi connectivity index (χ0n) is 13.9. The number of fused-ring (bicyclic) bond motifs is 1. The number of carbonyl (C=O) groups is 1. The summed E-state index contributed by atoms with van der Waals surface area (Å²) < 4.78 is 0. The molecule has 0 radical (unpaired) electrons. The van der Waals surface area contributed by atoms with Crippen molar-refractivity contribution in [3.05, 3.63) is 58.4 Å². The number of rotatable bonds is 2. The number of nitrogens with zero attached hydrogens (tertiary/aromatic N) is 3. The molecule has 1 amide bonds. The van der Waals surface area contributed by atoms with E-state index in [9.17, 15) is 9.90 Å². The molecule has 2 aliphatic heterocycles. The largest absolute Gasteiger partial charge is 0.465 e. The fourth-order valence-electron chi connectivity index (χ4n) is 4.04. The van der Waals surface area contributed by atoms with Gasteiger partial charge in [0.1, 0.15) is 0 Å². The van der Waals surface area contributed by atoms with Crippen LogP contribution in [0.5, 0.6) is 0 Å². The summed E-state index contributed by atoms with van der Waals surface area (Å²) in [5.74, 6) is 0. The molecule has 2 aliphatic rings. The Morgan fingerprint density at radius 1 is 1.32 bits per heavy atom. The van der Waals surface area contributed by atoms with Crippen LogP contribution in [-0.2, 0) is 13.0 Å². The van der Waals surface area contributed by atoms with Crippen molar-refractivity contribution in [1.82, 2.24) is 9.88 Å². The first-order valence-corrected chi connectivity index (χ1v) is 8.97. The molecule has 3 heterocycles. The molecule has 1 N–H and O–H groups in total. The van der Waals surface area contributed by atoms with E-state index in [1.54, 1.807) is 11.1 Å². The molecule has 1 saturated heterocycles. The minimum atomic E-state index is -0.851. The Morgan fingerprint density at radius 2 is 2.20 bits per heavy atom. The second kappa shape index (κ2) is 6.56. The molecule has 1 aromatic heterocycles. The second-order valence-electron chi connectivity index (χ2n) is 6.65. The molecule has 1 aromatic carbocycles.